The van der Waals surface area contributed by atoms with Crippen molar-refractivity contribution in [2.75, 3.05) is 0 Å². The van der Waals surface area contributed by atoms with Crippen LogP contribution in [0.1, 0.15) is 18.9 Å². The summed E-state index contributed by atoms with van der Waals surface area (Å²) in [6.45, 7) is 7.62. The molecule has 0 aliphatic carbocycles. The summed E-state index contributed by atoms with van der Waals surface area (Å²) < 4.78 is 0. The molecule has 0 fully saturated rings. The topological polar surface area (TPSA) is 37.3 Å². The van der Waals surface area contributed by atoms with Crippen molar-refractivity contribution < 1.29 is 9.90 Å². The van der Waals surface area contributed by atoms with Gasteiger partial charge < -0.3 is 5.11 Å². The molecule has 1 N–H and O–H groups in total. The molecule has 86 valence electrons. The van der Waals surface area contributed by atoms with Crippen molar-refractivity contribution in [3.8, 4) is 0 Å². The van der Waals surface area contributed by atoms with Crippen LogP contribution in [0.2, 0.25) is 0 Å². The molecule has 0 saturated heterocycles. The minimum Gasteiger partial charge on any atom is -0.478 e. The molecule has 3 heteroatoms. The maximum Gasteiger partial charge on any atom is 0.332 e. The highest BCUT2D eigenvalue weighted by Crippen LogP contribution is 2.29. The molecular formula is C13H16O2S. The van der Waals surface area contributed by atoms with Crippen molar-refractivity contribution in [3.05, 3.63) is 42.0 Å². The van der Waals surface area contributed by atoms with E-state index in [2.05, 4.69) is 6.58 Å². The Morgan fingerprint density at radius 1 is 1.44 bits per heavy atom. The van der Waals surface area contributed by atoms with E-state index in [0.29, 0.717) is 0 Å². The maximum atomic E-state index is 10.8. The van der Waals surface area contributed by atoms with Crippen molar-refractivity contribution in [3.63, 3.8) is 0 Å². The summed E-state index contributed by atoms with van der Waals surface area (Å²) in [6.07, 6.45) is 0.768. The lowest BCUT2D eigenvalue weighted by molar-refractivity contribution is -0.132. The van der Waals surface area contributed by atoms with Gasteiger partial charge in [-0.15, -0.1) is 11.8 Å². The number of benzene rings is 1. The number of carbonyl (C=O) groups is 1. The van der Waals surface area contributed by atoms with Crippen LogP contribution in [0.4, 0.5) is 0 Å². The van der Waals surface area contributed by atoms with E-state index in [9.17, 15) is 4.79 Å². The van der Waals surface area contributed by atoms with E-state index in [4.69, 9.17) is 5.11 Å². The van der Waals surface area contributed by atoms with Gasteiger partial charge in [0.25, 0.3) is 0 Å². The SMILES string of the molecule is C=C(C(=O)O)C(CC)Sc1ccc(C)cc1. The first-order valence-electron chi connectivity index (χ1n) is 5.20. The zero-order chi connectivity index (χ0) is 12.1. The number of rotatable bonds is 5. The first kappa shape index (κ1) is 12.8. The van der Waals surface area contributed by atoms with Crippen LogP contribution < -0.4 is 0 Å². The van der Waals surface area contributed by atoms with Gasteiger partial charge in [-0.25, -0.2) is 4.79 Å². The van der Waals surface area contributed by atoms with Gasteiger partial charge in [0.05, 0.1) is 0 Å². The number of hydrogen-bond donors (Lipinski definition) is 1. The van der Waals surface area contributed by atoms with Gasteiger partial charge in [0, 0.05) is 15.7 Å². The van der Waals surface area contributed by atoms with E-state index in [1.54, 1.807) is 11.8 Å². The number of carboxylic acid groups (broad SMARTS) is 1. The molecule has 1 rings (SSSR count). The zero-order valence-electron chi connectivity index (χ0n) is 9.56. The molecule has 0 heterocycles. The number of thioether (sulfide) groups is 1. The molecule has 2 nitrogen and oxygen atoms in total. The summed E-state index contributed by atoms with van der Waals surface area (Å²) in [6, 6.07) is 8.08. The summed E-state index contributed by atoms with van der Waals surface area (Å²) in [7, 11) is 0. The van der Waals surface area contributed by atoms with Gasteiger partial charge in [-0.3, -0.25) is 0 Å². The third kappa shape index (κ3) is 3.42. The van der Waals surface area contributed by atoms with Crippen molar-refractivity contribution in [1.29, 1.82) is 0 Å². The number of hydrogen-bond acceptors (Lipinski definition) is 2. The van der Waals surface area contributed by atoms with E-state index in [-0.39, 0.29) is 10.8 Å². The van der Waals surface area contributed by atoms with Gasteiger partial charge in [-0.1, -0.05) is 31.2 Å². The summed E-state index contributed by atoms with van der Waals surface area (Å²) in [5.41, 5.74) is 1.47. The van der Waals surface area contributed by atoms with Crippen molar-refractivity contribution in [2.45, 2.75) is 30.4 Å². The molecule has 0 amide bonds. The summed E-state index contributed by atoms with van der Waals surface area (Å²) in [5, 5.41) is 8.84. The fourth-order valence-corrected chi connectivity index (χ4v) is 2.35. The number of carboxylic acids is 1. The first-order valence-corrected chi connectivity index (χ1v) is 6.08. The van der Waals surface area contributed by atoms with Gasteiger partial charge in [0.15, 0.2) is 0 Å². The second-order valence-electron chi connectivity index (χ2n) is 3.66. The highest BCUT2D eigenvalue weighted by atomic mass is 32.2. The summed E-state index contributed by atoms with van der Waals surface area (Å²) >= 11 is 1.55. The molecule has 0 bridgehead atoms. The minimum absolute atomic E-state index is 0.0554. The Bertz CT molecular complexity index is 381. The Morgan fingerprint density at radius 2 is 2.00 bits per heavy atom. The van der Waals surface area contributed by atoms with E-state index in [0.717, 1.165) is 11.3 Å². The smallest absolute Gasteiger partial charge is 0.332 e. The second-order valence-corrected chi connectivity index (χ2v) is 4.93. The standard InChI is InChI=1S/C13H16O2S/c1-4-12(10(3)13(14)15)16-11-7-5-9(2)6-8-11/h5-8,12H,3-4H2,1-2H3,(H,14,15). The van der Waals surface area contributed by atoms with Gasteiger partial charge in [0.2, 0.25) is 0 Å². The molecule has 1 aromatic carbocycles. The van der Waals surface area contributed by atoms with Crippen molar-refractivity contribution in [1.82, 2.24) is 0 Å². The van der Waals surface area contributed by atoms with Crippen molar-refractivity contribution >= 4 is 17.7 Å². The van der Waals surface area contributed by atoms with E-state index in [1.807, 2.05) is 38.1 Å². The lowest BCUT2D eigenvalue weighted by Gasteiger charge is -2.14. The van der Waals surface area contributed by atoms with Crippen LogP contribution in [-0.2, 0) is 4.79 Å². The second kappa shape index (κ2) is 5.75. The highest BCUT2D eigenvalue weighted by Gasteiger charge is 2.17. The van der Waals surface area contributed by atoms with Crippen LogP contribution in [-0.4, -0.2) is 16.3 Å². The summed E-state index contributed by atoms with van der Waals surface area (Å²) in [4.78, 5) is 11.9. The van der Waals surface area contributed by atoms with E-state index in [1.165, 1.54) is 5.56 Å². The molecule has 1 unspecified atom stereocenters. The first-order chi connectivity index (χ1) is 7.54. The molecule has 0 aliphatic rings. The quantitative estimate of drug-likeness (QED) is 0.628. The van der Waals surface area contributed by atoms with Crippen LogP contribution in [0.25, 0.3) is 0 Å². The fourth-order valence-electron chi connectivity index (χ4n) is 1.32. The molecule has 0 aliphatic heterocycles. The molecule has 16 heavy (non-hydrogen) atoms. The zero-order valence-corrected chi connectivity index (χ0v) is 10.4. The largest absolute Gasteiger partial charge is 0.478 e. The Labute approximate surface area is 100 Å². The molecule has 0 spiro atoms. The molecule has 0 saturated carbocycles. The summed E-state index contributed by atoms with van der Waals surface area (Å²) in [5.74, 6) is -0.911. The van der Waals surface area contributed by atoms with Crippen LogP contribution in [0, 0.1) is 6.92 Å². The van der Waals surface area contributed by atoms with E-state index >= 15 is 0 Å². The van der Waals surface area contributed by atoms with Crippen molar-refractivity contribution in [2.24, 2.45) is 0 Å². The Balaban J connectivity index is 2.74. The monoisotopic (exact) mass is 236 g/mol. The van der Waals surface area contributed by atoms with Crippen LogP contribution in [0.5, 0.6) is 0 Å². The number of aryl methyl sites for hydroxylation is 1. The minimum atomic E-state index is -0.911. The molecule has 0 radical (unpaired) electrons. The maximum absolute atomic E-state index is 10.8. The third-order valence-corrected chi connectivity index (χ3v) is 3.78. The Kier molecular flexibility index (Phi) is 4.62. The van der Waals surface area contributed by atoms with E-state index < -0.39 is 5.97 Å². The average molecular weight is 236 g/mol. The molecule has 1 atom stereocenters. The van der Waals surface area contributed by atoms with Crippen LogP contribution in [0.15, 0.2) is 41.3 Å². The van der Waals surface area contributed by atoms with Crippen LogP contribution in [0.3, 0.4) is 0 Å². The van der Waals surface area contributed by atoms with Crippen LogP contribution >= 0.6 is 11.8 Å². The fraction of sp³-hybridized carbons (Fsp3) is 0.308. The lowest BCUT2D eigenvalue weighted by atomic mass is 10.2. The number of aliphatic carboxylic acids is 1. The van der Waals surface area contributed by atoms with Gasteiger partial charge in [-0.2, -0.15) is 0 Å². The molecule has 1 aromatic rings. The van der Waals surface area contributed by atoms with Gasteiger partial charge >= 0.3 is 5.97 Å². The normalized spacial score (nSPS) is 12.1. The Hall–Kier alpha value is -1.22. The third-order valence-electron chi connectivity index (χ3n) is 2.33. The Morgan fingerprint density at radius 3 is 2.44 bits per heavy atom. The predicted octanol–water partition coefficient (Wildman–Crippen LogP) is 3.51. The highest BCUT2D eigenvalue weighted by molar-refractivity contribution is 8.00. The molecule has 0 aromatic heterocycles. The molecular weight excluding hydrogens is 220 g/mol. The van der Waals surface area contributed by atoms with Gasteiger partial charge in [0.1, 0.15) is 0 Å². The van der Waals surface area contributed by atoms with Gasteiger partial charge in [-0.05, 0) is 25.5 Å². The lowest BCUT2D eigenvalue weighted by Crippen LogP contribution is -2.12. The average Bonchev–Trinajstić information content (AvgIpc) is 2.27. The predicted molar refractivity (Wildman–Crippen MR) is 67.9 cm³/mol.